The molecule has 1 aromatic carbocycles. The third-order valence-electron chi connectivity index (χ3n) is 2.45. The molecule has 0 amide bonds. The van der Waals surface area contributed by atoms with Crippen molar-refractivity contribution in [1.29, 1.82) is 10.5 Å². The molecule has 0 atom stereocenters. The summed E-state index contributed by atoms with van der Waals surface area (Å²) in [6, 6.07) is 2.46. The lowest BCUT2D eigenvalue weighted by atomic mass is 10.0. The Morgan fingerprint density at radius 3 is 1.90 bits per heavy atom. The van der Waals surface area contributed by atoms with Gasteiger partial charge in [0.1, 0.15) is 29.0 Å². The van der Waals surface area contributed by atoms with Crippen molar-refractivity contribution in [2.24, 2.45) is 0 Å². The minimum atomic E-state index is -1.85. The molecule has 0 radical (unpaired) electrons. The van der Waals surface area contributed by atoms with E-state index in [9.17, 15) is 17.6 Å². The summed E-state index contributed by atoms with van der Waals surface area (Å²) >= 11 is 0. The first kappa shape index (κ1) is 15.5. The second-order valence-corrected chi connectivity index (χ2v) is 3.59. The van der Waals surface area contributed by atoms with E-state index >= 15 is 0 Å². The Labute approximate surface area is 112 Å². The molecule has 0 bridgehead atoms. The lowest BCUT2D eigenvalue weighted by molar-refractivity contribution is 0.233. The van der Waals surface area contributed by atoms with Crippen LogP contribution in [0, 0.1) is 45.9 Å². The maximum atomic E-state index is 13.8. The molecular formula is C13H8F4N2O. The maximum absolute atomic E-state index is 13.8. The average Bonchev–Trinajstić information content (AvgIpc) is 2.42. The molecule has 0 unspecified atom stereocenters. The summed E-state index contributed by atoms with van der Waals surface area (Å²) in [6.07, 6.45) is 0. The molecular weight excluding hydrogens is 276 g/mol. The minimum absolute atomic E-state index is 0.0987. The van der Waals surface area contributed by atoms with E-state index in [-0.39, 0.29) is 12.4 Å². The quantitative estimate of drug-likeness (QED) is 0.370. The van der Waals surface area contributed by atoms with Crippen LogP contribution in [0.4, 0.5) is 17.6 Å². The Kier molecular flexibility index (Phi) is 4.71. The Bertz CT molecular complexity index is 639. The number of hydrogen-bond acceptors (Lipinski definition) is 3. The normalized spacial score (nSPS) is 11.4. The molecule has 0 saturated heterocycles. The van der Waals surface area contributed by atoms with Crippen LogP contribution in [-0.4, -0.2) is 6.61 Å². The average molecular weight is 284 g/mol. The van der Waals surface area contributed by atoms with E-state index in [1.807, 2.05) is 0 Å². The van der Waals surface area contributed by atoms with Crippen LogP contribution in [0.25, 0.3) is 5.57 Å². The first-order valence-electron chi connectivity index (χ1n) is 5.40. The SMILES string of the molecule is CCO/C(C)=C(/C#N)c1c(F)c(F)c(C#N)c(F)c1F. The highest BCUT2D eigenvalue weighted by Crippen LogP contribution is 2.30. The van der Waals surface area contributed by atoms with Gasteiger partial charge in [-0.3, -0.25) is 0 Å². The van der Waals surface area contributed by atoms with Gasteiger partial charge in [0, 0.05) is 0 Å². The highest BCUT2D eigenvalue weighted by atomic mass is 19.2. The van der Waals surface area contributed by atoms with Crippen LogP contribution in [0.3, 0.4) is 0 Å². The van der Waals surface area contributed by atoms with E-state index in [1.165, 1.54) is 13.0 Å². The summed E-state index contributed by atoms with van der Waals surface area (Å²) in [5.74, 6) is -7.50. The van der Waals surface area contributed by atoms with Crippen LogP contribution in [0.5, 0.6) is 0 Å². The van der Waals surface area contributed by atoms with Crippen LogP contribution in [0.1, 0.15) is 25.0 Å². The lowest BCUT2D eigenvalue weighted by Gasteiger charge is -2.10. The Morgan fingerprint density at radius 1 is 1.05 bits per heavy atom. The predicted octanol–water partition coefficient (Wildman–Crippen LogP) is 3.41. The van der Waals surface area contributed by atoms with Gasteiger partial charge in [-0.1, -0.05) is 0 Å². The minimum Gasteiger partial charge on any atom is -0.497 e. The number of nitrogens with zero attached hydrogens (tertiary/aromatic N) is 2. The molecule has 0 N–H and O–H groups in total. The number of allylic oxidation sites excluding steroid dienone is 2. The smallest absolute Gasteiger partial charge is 0.180 e. The monoisotopic (exact) mass is 284 g/mol. The second kappa shape index (κ2) is 6.07. The number of hydrogen-bond donors (Lipinski definition) is 0. The van der Waals surface area contributed by atoms with E-state index in [4.69, 9.17) is 15.3 Å². The van der Waals surface area contributed by atoms with Gasteiger partial charge in [-0.2, -0.15) is 10.5 Å². The van der Waals surface area contributed by atoms with Gasteiger partial charge in [-0.05, 0) is 13.8 Å². The van der Waals surface area contributed by atoms with Gasteiger partial charge in [-0.25, -0.2) is 17.6 Å². The van der Waals surface area contributed by atoms with Gasteiger partial charge < -0.3 is 4.74 Å². The number of nitriles is 2. The molecule has 3 nitrogen and oxygen atoms in total. The lowest BCUT2D eigenvalue weighted by Crippen LogP contribution is -2.07. The molecule has 7 heteroatoms. The highest BCUT2D eigenvalue weighted by molar-refractivity contribution is 5.79. The van der Waals surface area contributed by atoms with E-state index in [0.29, 0.717) is 0 Å². The molecule has 0 aliphatic heterocycles. The first-order valence-corrected chi connectivity index (χ1v) is 5.40. The van der Waals surface area contributed by atoms with Crippen molar-refractivity contribution in [3.05, 3.63) is 40.2 Å². The number of halogens is 4. The van der Waals surface area contributed by atoms with Gasteiger partial charge in [0.15, 0.2) is 23.3 Å². The van der Waals surface area contributed by atoms with Gasteiger partial charge in [0.25, 0.3) is 0 Å². The first-order chi connectivity index (χ1) is 9.40. The largest absolute Gasteiger partial charge is 0.497 e. The zero-order chi connectivity index (χ0) is 15.4. The number of benzene rings is 1. The molecule has 0 aromatic heterocycles. The van der Waals surface area contributed by atoms with Crippen LogP contribution in [-0.2, 0) is 4.74 Å². The molecule has 0 aliphatic rings. The Morgan fingerprint density at radius 2 is 1.55 bits per heavy atom. The molecule has 0 fully saturated rings. The standard InChI is InChI=1S/C13H8F4N2O/c1-3-20-6(2)7(4-18)9-12(16)10(14)8(5-19)11(15)13(9)17/h3H2,1-2H3/b7-6-. The van der Waals surface area contributed by atoms with Crippen molar-refractivity contribution in [3.8, 4) is 12.1 Å². The predicted molar refractivity (Wildman–Crippen MR) is 60.8 cm³/mol. The van der Waals surface area contributed by atoms with Gasteiger partial charge in [0.2, 0.25) is 0 Å². The maximum Gasteiger partial charge on any atom is 0.180 e. The fraction of sp³-hybridized carbons (Fsp3) is 0.231. The zero-order valence-electron chi connectivity index (χ0n) is 10.5. The highest BCUT2D eigenvalue weighted by Gasteiger charge is 2.28. The van der Waals surface area contributed by atoms with Crippen LogP contribution in [0.15, 0.2) is 5.76 Å². The van der Waals surface area contributed by atoms with Crippen molar-refractivity contribution in [2.45, 2.75) is 13.8 Å². The molecule has 0 heterocycles. The van der Waals surface area contributed by atoms with Gasteiger partial charge in [-0.15, -0.1) is 0 Å². The number of rotatable bonds is 3. The zero-order valence-corrected chi connectivity index (χ0v) is 10.5. The summed E-state index contributed by atoms with van der Waals surface area (Å²) in [6.45, 7) is 2.89. The third kappa shape index (κ3) is 2.43. The van der Waals surface area contributed by atoms with Crippen LogP contribution in [0.2, 0.25) is 0 Å². The summed E-state index contributed by atoms with van der Waals surface area (Å²) in [5, 5.41) is 17.4. The van der Waals surface area contributed by atoms with E-state index in [1.54, 1.807) is 6.92 Å². The molecule has 1 aromatic rings. The topological polar surface area (TPSA) is 56.8 Å². The van der Waals surface area contributed by atoms with E-state index < -0.39 is 40.0 Å². The fourth-order valence-corrected chi connectivity index (χ4v) is 1.55. The van der Waals surface area contributed by atoms with Gasteiger partial charge in [0.05, 0.1) is 12.2 Å². The molecule has 104 valence electrons. The van der Waals surface area contributed by atoms with Crippen molar-refractivity contribution >= 4 is 5.57 Å². The van der Waals surface area contributed by atoms with Crippen LogP contribution >= 0.6 is 0 Å². The molecule has 0 saturated carbocycles. The van der Waals surface area contributed by atoms with Crippen molar-refractivity contribution in [2.75, 3.05) is 6.61 Å². The molecule has 1 rings (SSSR count). The Balaban J connectivity index is 3.77. The molecule has 0 aliphatic carbocycles. The summed E-state index contributed by atoms with van der Waals surface area (Å²) in [7, 11) is 0. The molecule has 0 spiro atoms. The summed E-state index contributed by atoms with van der Waals surface area (Å²) in [5.41, 5.74) is -3.24. The van der Waals surface area contributed by atoms with Gasteiger partial charge >= 0.3 is 0 Å². The second-order valence-electron chi connectivity index (χ2n) is 3.59. The number of ether oxygens (including phenoxy) is 1. The van der Waals surface area contributed by atoms with Crippen molar-refractivity contribution in [3.63, 3.8) is 0 Å². The van der Waals surface area contributed by atoms with E-state index in [0.717, 1.165) is 6.07 Å². The molecule has 20 heavy (non-hydrogen) atoms. The van der Waals surface area contributed by atoms with Crippen LogP contribution < -0.4 is 0 Å². The van der Waals surface area contributed by atoms with Crippen molar-refractivity contribution < 1.29 is 22.3 Å². The summed E-state index contributed by atoms with van der Waals surface area (Å²) in [4.78, 5) is 0. The van der Waals surface area contributed by atoms with Crippen molar-refractivity contribution in [1.82, 2.24) is 0 Å². The fourth-order valence-electron chi connectivity index (χ4n) is 1.55. The summed E-state index contributed by atoms with van der Waals surface area (Å²) < 4.78 is 59.4. The Hall–Kier alpha value is -2.54. The van der Waals surface area contributed by atoms with E-state index in [2.05, 4.69) is 0 Å². The third-order valence-corrected chi connectivity index (χ3v) is 2.45.